The Hall–Kier alpha value is -2.61. The van der Waals surface area contributed by atoms with Crippen molar-refractivity contribution in [1.29, 1.82) is 0 Å². The third-order valence-corrected chi connectivity index (χ3v) is 3.51. The van der Waals surface area contributed by atoms with E-state index >= 15 is 0 Å². The van der Waals surface area contributed by atoms with E-state index in [1.54, 1.807) is 0 Å². The third-order valence-electron chi connectivity index (χ3n) is 3.51. The number of hydrogen-bond donors (Lipinski definition) is 4. The van der Waals surface area contributed by atoms with Crippen molar-refractivity contribution < 1.29 is 34.4 Å². The van der Waals surface area contributed by atoms with E-state index in [2.05, 4.69) is 5.32 Å². The number of aliphatic carboxylic acids is 2. The molecule has 0 amide bonds. The number of hydrogen-bond acceptors (Lipinski definition) is 5. The Labute approximate surface area is 125 Å². The van der Waals surface area contributed by atoms with Crippen molar-refractivity contribution in [3.05, 3.63) is 29.8 Å². The SMILES string of the molecule is O=C(O)C[C@H]1C(Oc2ccc(C(=O)O)cc2)CNC1C(=O)O. The lowest BCUT2D eigenvalue weighted by molar-refractivity contribution is -0.142. The van der Waals surface area contributed by atoms with Gasteiger partial charge in [0.25, 0.3) is 0 Å². The number of carboxylic acids is 3. The van der Waals surface area contributed by atoms with Crippen LogP contribution in [0.25, 0.3) is 0 Å². The Morgan fingerprint density at radius 3 is 2.27 bits per heavy atom. The number of carbonyl (C=O) groups is 3. The van der Waals surface area contributed by atoms with E-state index in [1.165, 1.54) is 24.3 Å². The van der Waals surface area contributed by atoms with Crippen LogP contribution in [-0.2, 0) is 9.59 Å². The highest BCUT2D eigenvalue weighted by Crippen LogP contribution is 2.25. The first-order chi connectivity index (χ1) is 10.4. The van der Waals surface area contributed by atoms with Crippen molar-refractivity contribution in [2.24, 2.45) is 5.92 Å². The zero-order chi connectivity index (χ0) is 16.3. The summed E-state index contributed by atoms with van der Waals surface area (Å²) in [6, 6.07) is 4.64. The molecule has 1 aliphatic heterocycles. The topological polar surface area (TPSA) is 133 Å². The molecule has 0 spiro atoms. The lowest BCUT2D eigenvalue weighted by atomic mass is 9.94. The van der Waals surface area contributed by atoms with Crippen LogP contribution in [0.2, 0.25) is 0 Å². The molecule has 1 saturated heterocycles. The summed E-state index contributed by atoms with van der Waals surface area (Å²) in [4.78, 5) is 32.8. The maximum Gasteiger partial charge on any atom is 0.335 e. The number of aromatic carboxylic acids is 1. The summed E-state index contributed by atoms with van der Waals surface area (Å²) < 4.78 is 5.62. The van der Waals surface area contributed by atoms with Crippen LogP contribution in [-0.4, -0.2) is 51.9 Å². The molecule has 2 rings (SSSR count). The molecule has 4 N–H and O–H groups in total. The first-order valence-corrected chi connectivity index (χ1v) is 6.56. The minimum Gasteiger partial charge on any atom is -0.489 e. The highest BCUT2D eigenvalue weighted by atomic mass is 16.5. The van der Waals surface area contributed by atoms with E-state index < -0.39 is 36.0 Å². The normalized spacial score (nSPS) is 23.9. The molecular formula is C14H15NO7. The molecule has 1 heterocycles. The monoisotopic (exact) mass is 309 g/mol. The second-order valence-electron chi connectivity index (χ2n) is 4.97. The summed E-state index contributed by atoms with van der Waals surface area (Å²) in [6.07, 6.45) is -0.949. The van der Waals surface area contributed by atoms with Crippen LogP contribution in [0.15, 0.2) is 24.3 Å². The molecule has 0 saturated carbocycles. The highest BCUT2D eigenvalue weighted by molar-refractivity contribution is 5.87. The molecule has 1 aromatic rings. The fraction of sp³-hybridized carbons (Fsp3) is 0.357. The number of benzene rings is 1. The largest absolute Gasteiger partial charge is 0.489 e. The van der Waals surface area contributed by atoms with Crippen LogP contribution in [0.4, 0.5) is 0 Å². The average molecular weight is 309 g/mol. The van der Waals surface area contributed by atoms with Crippen LogP contribution in [0.5, 0.6) is 5.75 Å². The first-order valence-electron chi connectivity index (χ1n) is 6.56. The van der Waals surface area contributed by atoms with Gasteiger partial charge in [0.15, 0.2) is 0 Å². The summed E-state index contributed by atoms with van der Waals surface area (Å²) >= 11 is 0. The molecule has 8 nitrogen and oxygen atoms in total. The Bertz CT molecular complexity index is 583. The van der Waals surface area contributed by atoms with Crippen molar-refractivity contribution in [3.63, 3.8) is 0 Å². The third kappa shape index (κ3) is 3.53. The van der Waals surface area contributed by atoms with Gasteiger partial charge in [0.2, 0.25) is 0 Å². The molecule has 8 heteroatoms. The van der Waals surface area contributed by atoms with Crippen LogP contribution >= 0.6 is 0 Å². The fourth-order valence-electron chi connectivity index (χ4n) is 2.46. The van der Waals surface area contributed by atoms with E-state index in [9.17, 15) is 14.4 Å². The average Bonchev–Trinajstić information content (AvgIpc) is 2.82. The predicted octanol–water partition coefficient (Wildman–Crippen LogP) is 0.280. The summed E-state index contributed by atoms with van der Waals surface area (Å²) in [5.74, 6) is -3.65. The summed E-state index contributed by atoms with van der Waals surface area (Å²) in [7, 11) is 0. The van der Waals surface area contributed by atoms with E-state index in [4.69, 9.17) is 20.1 Å². The van der Waals surface area contributed by atoms with Crippen LogP contribution in [0.3, 0.4) is 0 Å². The highest BCUT2D eigenvalue weighted by Gasteiger charge is 2.42. The molecule has 0 radical (unpaired) electrons. The molecule has 0 aromatic heterocycles. The summed E-state index contributed by atoms with van der Waals surface area (Å²) in [5.41, 5.74) is 0.0994. The van der Waals surface area contributed by atoms with Crippen molar-refractivity contribution in [3.8, 4) is 5.75 Å². The van der Waals surface area contributed by atoms with Gasteiger partial charge in [-0.05, 0) is 24.3 Å². The van der Waals surface area contributed by atoms with Gasteiger partial charge in [-0.25, -0.2) is 4.79 Å². The lowest BCUT2D eigenvalue weighted by Gasteiger charge is -2.21. The molecular weight excluding hydrogens is 294 g/mol. The second kappa shape index (κ2) is 6.44. The molecule has 0 bridgehead atoms. The van der Waals surface area contributed by atoms with E-state index in [1.807, 2.05) is 0 Å². The Kier molecular flexibility index (Phi) is 4.62. The number of ether oxygens (including phenoxy) is 1. The molecule has 1 aromatic carbocycles. The van der Waals surface area contributed by atoms with Crippen molar-refractivity contribution in [2.45, 2.75) is 18.6 Å². The van der Waals surface area contributed by atoms with Gasteiger partial charge < -0.3 is 25.4 Å². The van der Waals surface area contributed by atoms with Gasteiger partial charge >= 0.3 is 17.9 Å². The van der Waals surface area contributed by atoms with E-state index in [-0.39, 0.29) is 18.5 Å². The first kappa shape index (κ1) is 15.8. The lowest BCUT2D eigenvalue weighted by Crippen LogP contribution is -2.38. The Morgan fingerprint density at radius 2 is 1.77 bits per heavy atom. The van der Waals surface area contributed by atoms with Gasteiger partial charge in [0.05, 0.1) is 12.0 Å². The zero-order valence-corrected chi connectivity index (χ0v) is 11.4. The Morgan fingerprint density at radius 1 is 1.14 bits per heavy atom. The fourth-order valence-corrected chi connectivity index (χ4v) is 2.46. The molecule has 2 unspecified atom stereocenters. The van der Waals surface area contributed by atoms with Crippen molar-refractivity contribution in [1.82, 2.24) is 5.32 Å². The molecule has 1 aliphatic rings. The number of carboxylic acid groups (broad SMARTS) is 3. The van der Waals surface area contributed by atoms with Crippen LogP contribution < -0.4 is 10.1 Å². The molecule has 1 fully saturated rings. The second-order valence-corrected chi connectivity index (χ2v) is 4.97. The zero-order valence-electron chi connectivity index (χ0n) is 11.4. The number of nitrogens with one attached hydrogen (secondary N) is 1. The van der Waals surface area contributed by atoms with Crippen LogP contribution in [0.1, 0.15) is 16.8 Å². The van der Waals surface area contributed by atoms with Gasteiger partial charge in [-0.2, -0.15) is 0 Å². The quantitative estimate of drug-likeness (QED) is 0.589. The minimum absolute atomic E-state index is 0.0994. The maximum atomic E-state index is 11.1. The smallest absolute Gasteiger partial charge is 0.335 e. The summed E-state index contributed by atoms with van der Waals surface area (Å²) in [5, 5.41) is 29.6. The summed E-state index contributed by atoms with van der Waals surface area (Å²) in [6.45, 7) is 0.204. The van der Waals surface area contributed by atoms with Gasteiger partial charge in [-0.15, -0.1) is 0 Å². The molecule has 3 atom stereocenters. The van der Waals surface area contributed by atoms with Crippen LogP contribution in [0, 0.1) is 5.92 Å². The molecule has 118 valence electrons. The van der Waals surface area contributed by atoms with Gasteiger partial charge in [-0.3, -0.25) is 9.59 Å². The van der Waals surface area contributed by atoms with Crippen molar-refractivity contribution >= 4 is 17.9 Å². The molecule has 22 heavy (non-hydrogen) atoms. The van der Waals surface area contributed by atoms with Crippen molar-refractivity contribution in [2.75, 3.05) is 6.54 Å². The van der Waals surface area contributed by atoms with Gasteiger partial charge in [-0.1, -0.05) is 0 Å². The maximum absolute atomic E-state index is 11.1. The minimum atomic E-state index is -1.13. The predicted molar refractivity (Wildman–Crippen MR) is 73.0 cm³/mol. The molecule has 0 aliphatic carbocycles. The standard InChI is InChI=1S/C14H15NO7/c16-11(17)5-9-10(6-15-12(9)14(20)21)22-8-3-1-7(2-4-8)13(18)19/h1-4,9-10,12,15H,5-6H2,(H,16,17)(H,18,19)(H,20,21)/t9-,10?,12?/m0/s1. The van der Waals surface area contributed by atoms with E-state index in [0.29, 0.717) is 5.75 Å². The number of rotatable bonds is 6. The Balaban J connectivity index is 2.11. The van der Waals surface area contributed by atoms with E-state index in [0.717, 1.165) is 0 Å². The van der Waals surface area contributed by atoms with Gasteiger partial charge in [0, 0.05) is 12.5 Å². The van der Waals surface area contributed by atoms with Gasteiger partial charge in [0.1, 0.15) is 17.9 Å².